The van der Waals surface area contributed by atoms with E-state index in [-0.39, 0.29) is 6.61 Å². The number of hydrogen-bond acceptors (Lipinski definition) is 7. The normalized spacial score (nSPS) is 16.4. The quantitative estimate of drug-likeness (QED) is 0.647. The zero-order chi connectivity index (χ0) is 18.4. The minimum absolute atomic E-state index is 0.281. The van der Waals surface area contributed by atoms with E-state index in [0.29, 0.717) is 11.8 Å². The van der Waals surface area contributed by atoms with E-state index in [2.05, 4.69) is 21.6 Å². The van der Waals surface area contributed by atoms with Crippen LogP contribution in [0.15, 0.2) is 22.5 Å². The molecule has 2 aromatic rings. The Balaban J connectivity index is 1.41. The number of benzene rings is 1. The van der Waals surface area contributed by atoms with Gasteiger partial charge in [-0.2, -0.15) is 0 Å². The van der Waals surface area contributed by atoms with Crippen molar-refractivity contribution in [3.63, 3.8) is 0 Å². The minimum Gasteiger partial charge on any atom is -0.491 e. The molecule has 1 aromatic heterocycles. The maximum atomic E-state index is 10.2. The highest BCUT2D eigenvalue weighted by atomic mass is 32.2. The van der Waals surface area contributed by atoms with Crippen LogP contribution in [0.4, 0.5) is 5.13 Å². The molecule has 1 heterocycles. The first-order chi connectivity index (χ1) is 12.6. The summed E-state index contributed by atoms with van der Waals surface area (Å²) in [6.45, 7) is 4.33. The fraction of sp³-hybridized carbons (Fsp3) is 0.579. The van der Waals surface area contributed by atoms with Crippen molar-refractivity contribution >= 4 is 28.2 Å². The Morgan fingerprint density at radius 1 is 1.27 bits per heavy atom. The SMILES string of the molecule is Cc1ccc(C)c(OCC(O)CSc2nnc(NC3CCCCC3)s2)c1. The minimum atomic E-state index is -0.543. The number of aliphatic hydroxyl groups excluding tert-OH is 1. The topological polar surface area (TPSA) is 67.3 Å². The van der Waals surface area contributed by atoms with Gasteiger partial charge in [0.25, 0.3) is 0 Å². The van der Waals surface area contributed by atoms with Gasteiger partial charge in [-0.05, 0) is 43.9 Å². The number of aliphatic hydroxyl groups is 1. The molecule has 142 valence electrons. The molecule has 0 bridgehead atoms. The lowest BCUT2D eigenvalue weighted by Gasteiger charge is -2.21. The van der Waals surface area contributed by atoms with Crippen LogP contribution in [0.3, 0.4) is 0 Å². The third-order valence-corrected chi connectivity index (χ3v) is 6.65. The summed E-state index contributed by atoms with van der Waals surface area (Å²) in [6, 6.07) is 6.63. The van der Waals surface area contributed by atoms with Gasteiger partial charge in [0.2, 0.25) is 5.13 Å². The number of rotatable bonds is 8. The average Bonchev–Trinajstić information content (AvgIpc) is 3.09. The van der Waals surface area contributed by atoms with Gasteiger partial charge in [0, 0.05) is 11.8 Å². The Kier molecular flexibility index (Phi) is 7.16. The second-order valence-corrected chi connectivity index (χ2v) is 9.14. The summed E-state index contributed by atoms with van der Waals surface area (Å²) in [5, 5.41) is 23.0. The number of anilines is 1. The lowest BCUT2D eigenvalue weighted by molar-refractivity contribution is 0.126. The van der Waals surface area contributed by atoms with Gasteiger partial charge in [-0.25, -0.2) is 0 Å². The maximum Gasteiger partial charge on any atom is 0.206 e. The molecule has 1 aromatic carbocycles. The van der Waals surface area contributed by atoms with Gasteiger partial charge in [-0.1, -0.05) is 54.5 Å². The van der Waals surface area contributed by atoms with E-state index in [1.807, 2.05) is 26.0 Å². The third-order valence-electron chi connectivity index (χ3n) is 4.51. The van der Waals surface area contributed by atoms with Gasteiger partial charge in [0.05, 0.1) is 6.10 Å². The van der Waals surface area contributed by atoms with Crippen molar-refractivity contribution in [2.24, 2.45) is 0 Å². The van der Waals surface area contributed by atoms with Crippen LogP contribution in [0, 0.1) is 13.8 Å². The molecule has 1 fully saturated rings. The smallest absolute Gasteiger partial charge is 0.206 e. The number of ether oxygens (including phenoxy) is 1. The third kappa shape index (κ3) is 5.86. The molecule has 1 atom stereocenters. The van der Waals surface area contributed by atoms with Crippen molar-refractivity contribution in [3.8, 4) is 5.75 Å². The predicted molar refractivity (Wildman–Crippen MR) is 109 cm³/mol. The monoisotopic (exact) mass is 393 g/mol. The fourth-order valence-corrected chi connectivity index (χ4v) is 4.77. The van der Waals surface area contributed by atoms with Crippen LogP contribution in [-0.2, 0) is 0 Å². The Hall–Kier alpha value is -1.31. The first kappa shape index (κ1) is 19.5. The molecule has 0 saturated heterocycles. The number of aryl methyl sites for hydroxylation is 2. The van der Waals surface area contributed by atoms with Crippen molar-refractivity contribution in [1.82, 2.24) is 10.2 Å². The lowest BCUT2D eigenvalue weighted by atomic mass is 9.96. The van der Waals surface area contributed by atoms with Crippen LogP contribution in [0.5, 0.6) is 5.75 Å². The van der Waals surface area contributed by atoms with E-state index in [1.54, 1.807) is 11.3 Å². The zero-order valence-corrected chi connectivity index (χ0v) is 17.0. The van der Waals surface area contributed by atoms with Crippen LogP contribution in [0.25, 0.3) is 0 Å². The number of nitrogens with one attached hydrogen (secondary N) is 1. The number of nitrogens with zero attached hydrogens (tertiary/aromatic N) is 2. The zero-order valence-electron chi connectivity index (χ0n) is 15.4. The molecular formula is C19H27N3O2S2. The molecule has 1 aliphatic carbocycles. The first-order valence-electron chi connectivity index (χ1n) is 9.21. The highest BCUT2D eigenvalue weighted by Gasteiger charge is 2.16. The predicted octanol–water partition coefficient (Wildman–Crippen LogP) is 4.43. The van der Waals surface area contributed by atoms with Crippen LogP contribution in [0.2, 0.25) is 0 Å². The van der Waals surface area contributed by atoms with Gasteiger partial charge in [0.15, 0.2) is 4.34 Å². The molecule has 0 aliphatic heterocycles. The molecule has 1 saturated carbocycles. The number of thioether (sulfide) groups is 1. The summed E-state index contributed by atoms with van der Waals surface area (Å²) in [5.41, 5.74) is 2.24. The van der Waals surface area contributed by atoms with Gasteiger partial charge in [0.1, 0.15) is 12.4 Å². The highest BCUT2D eigenvalue weighted by molar-refractivity contribution is 8.01. The molecule has 5 nitrogen and oxygen atoms in total. The first-order valence-corrected chi connectivity index (χ1v) is 11.0. The summed E-state index contributed by atoms with van der Waals surface area (Å²) in [5.74, 6) is 1.38. The van der Waals surface area contributed by atoms with Crippen molar-refractivity contribution in [1.29, 1.82) is 0 Å². The molecule has 0 amide bonds. The molecule has 26 heavy (non-hydrogen) atoms. The summed E-state index contributed by atoms with van der Waals surface area (Å²) >= 11 is 3.09. The maximum absolute atomic E-state index is 10.2. The van der Waals surface area contributed by atoms with Gasteiger partial charge >= 0.3 is 0 Å². The Morgan fingerprint density at radius 3 is 2.88 bits per heavy atom. The summed E-state index contributed by atoms with van der Waals surface area (Å²) in [7, 11) is 0. The average molecular weight is 394 g/mol. The van der Waals surface area contributed by atoms with E-state index < -0.39 is 6.10 Å². The Morgan fingerprint density at radius 2 is 2.08 bits per heavy atom. The molecular weight excluding hydrogens is 366 g/mol. The second kappa shape index (κ2) is 9.58. The number of aromatic nitrogens is 2. The molecule has 1 unspecified atom stereocenters. The molecule has 7 heteroatoms. The van der Waals surface area contributed by atoms with Crippen molar-refractivity contribution < 1.29 is 9.84 Å². The lowest BCUT2D eigenvalue weighted by Crippen LogP contribution is -2.21. The van der Waals surface area contributed by atoms with Gasteiger partial charge < -0.3 is 15.2 Å². The van der Waals surface area contributed by atoms with Crippen molar-refractivity contribution in [2.75, 3.05) is 17.7 Å². The second-order valence-electron chi connectivity index (χ2n) is 6.90. The van der Waals surface area contributed by atoms with E-state index >= 15 is 0 Å². The summed E-state index contributed by atoms with van der Waals surface area (Å²) in [6.07, 6.45) is 5.83. The van der Waals surface area contributed by atoms with E-state index in [0.717, 1.165) is 26.3 Å². The summed E-state index contributed by atoms with van der Waals surface area (Å²) < 4.78 is 6.65. The van der Waals surface area contributed by atoms with E-state index in [4.69, 9.17) is 4.74 Å². The standard InChI is InChI=1S/C19H27N3O2S2/c1-13-8-9-14(2)17(10-13)24-11-16(23)12-25-19-22-21-18(26-19)20-15-6-4-3-5-7-15/h8-10,15-16,23H,3-7,11-12H2,1-2H3,(H,20,21). The van der Waals surface area contributed by atoms with Crippen LogP contribution in [0.1, 0.15) is 43.2 Å². The highest BCUT2D eigenvalue weighted by Crippen LogP contribution is 2.29. The fourth-order valence-electron chi connectivity index (χ4n) is 3.01. The molecule has 0 radical (unpaired) electrons. The van der Waals surface area contributed by atoms with Crippen LogP contribution < -0.4 is 10.1 Å². The van der Waals surface area contributed by atoms with E-state index in [1.165, 1.54) is 43.9 Å². The van der Waals surface area contributed by atoms with Gasteiger partial charge in [-0.15, -0.1) is 10.2 Å². The Bertz CT molecular complexity index is 702. The number of hydrogen-bond donors (Lipinski definition) is 2. The van der Waals surface area contributed by atoms with Crippen LogP contribution >= 0.6 is 23.1 Å². The van der Waals surface area contributed by atoms with Crippen molar-refractivity contribution in [3.05, 3.63) is 29.3 Å². The van der Waals surface area contributed by atoms with E-state index in [9.17, 15) is 5.11 Å². The molecule has 1 aliphatic rings. The van der Waals surface area contributed by atoms with Crippen LogP contribution in [-0.4, -0.2) is 39.8 Å². The molecule has 0 spiro atoms. The molecule has 3 rings (SSSR count). The summed E-state index contributed by atoms with van der Waals surface area (Å²) in [4.78, 5) is 0. The Labute approximate surface area is 163 Å². The molecule has 2 N–H and O–H groups in total. The van der Waals surface area contributed by atoms with Crippen molar-refractivity contribution in [2.45, 2.75) is 62.4 Å². The largest absolute Gasteiger partial charge is 0.491 e. The van der Waals surface area contributed by atoms with Gasteiger partial charge in [-0.3, -0.25) is 0 Å².